The fraction of sp³-hybridized carbons (Fsp3) is 0.333. The number of carboxylic acids is 1. The van der Waals surface area contributed by atoms with Crippen molar-refractivity contribution in [1.82, 2.24) is 15.1 Å². The van der Waals surface area contributed by atoms with E-state index >= 15 is 0 Å². The van der Waals surface area contributed by atoms with Crippen molar-refractivity contribution >= 4 is 21.9 Å². The summed E-state index contributed by atoms with van der Waals surface area (Å²) in [5, 5.41) is 15.6. The van der Waals surface area contributed by atoms with Crippen LogP contribution in [0.25, 0.3) is 11.3 Å². The van der Waals surface area contributed by atoms with E-state index in [-0.39, 0.29) is 11.8 Å². The number of carbonyl (C=O) groups is 1. The van der Waals surface area contributed by atoms with Crippen LogP contribution < -0.4 is 9.47 Å². The van der Waals surface area contributed by atoms with Gasteiger partial charge in [-0.25, -0.2) is 4.79 Å². The molecule has 0 spiro atoms. The second-order valence-corrected chi connectivity index (χ2v) is 6.33. The highest BCUT2D eigenvalue weighted by Crippen LogP contribution is 2.41. The Kier molecular flexibility index (Phi) is 4.27. The van der Waals surface area contributed by atoms with Crippen molar-refractivity contribution in [3.05, 3.63) is 28.4 Å². The van der Waals surface area contributed by atoms with Crippen molar-refractivity contribution < 1.29 is 19.4 Å². The molecule has 23 heavy (non-hydrogen) atoms. The minimum atomic E-state index is -1.06. The molecule has 1 saturated heterocycles. The van der Waals surface area contributed by atoms with E-state index < -0.39 is 5.97 Å². The summed E-state index contributed by atoms with van der Waals surface area (Å²) in [6, 6.07) is 5.12. The van der Waals surface area contributed by atoms with Crippen molar-refractivity contribution in [2.45, 2.75) is 6.10 Å². The van der Waals surface area contributed by atoms with Crippen LogP contribution in [0.5, 0.6) is 11.5 Å². The molecule has 8 heteroatoms. The summed E-state index contributed by atoms with van der Waals surface area (Å²) in [6.45, 7) is 1.67. The summed E-state index contributed by atoms with van der Waals surface area (Å²) in [4.78, 5) is 13.2. The molecule has 1 aliphatic heterocycles. The van der Waals surface area contributed by atoms with Crippen LogP contribution >= 0.6 is 15.9 Å². The van der Waals surface area contributed by atoms with E-state index in [2.05, 4.69) is 31.0 Å². The Labute approximate surface area is 141 Å². The molecule has 1 aliphatic rings. The monoisotopic (exact) mass is 381 g/mol. The number of nitrogens with zero attached hydrogens (tertiary/aromatic N) is 2. The first kappa shape index (κ1) is 15.8. The van der Waals surface area contributed by atoms with Crippen LogP contribution in [0, 0.1) is 0 Å². The zero-order valence-corrected chi connectivity index (χ0v) is 14.3. The highest BCUT2D eigenvalue weighted by molar-refractivity contribution is 9.10. The molecular formula is C15H16BrN3O4. The SMILES string of the molecule is COc1cc(Br)cc(-c2cc(C(=O)O)[nH]n2)c1OC1CN(C)C1. The Bertz CT molecular complexity index is 740. The summed E-state index contributed by atoms with van der Waals surface area (Å²) in [5.74, 6) is 0.0786. The van der Waals surface area contributed by atoms with Crippen LogP contribution in [0.2, 0.25) is 0 Å². The first-order chi connectivity index (χ1) is 11.0. The molecular weight excluding hydrogens is 366 g/mol. The number of aromatic carboxylic acids is 1. The number of H-pyrrole nitrogens is 1. The molecule has 0 unspecified atom stereocenters. The van der Waals surface area contributed by atoms with Gasteiger partial charge >= 0.3 is 5.97 Å². The lowest BCUT2D eigenvalue weighted by Crippen LogP contribution is -2.51. The molecule has 3 rings (SSSR count). The summed E-state index contributed by atoms with van der Waals surface area (Å²) >= 11 is 3.43. The van der Waals surface area contributed by atoms with Gasteiger partial charge in [-0.1, -0.05) is 15.9 Å². The predicted octanol–water partition coefficient (Wildman–Crippen LogP) is 2.24. The van der Waals surface area contributed by atoms with Crippen molar-refractivity contribution in [3.8, 4) is 22.8 Å². The number of likely N-dealkylation sites (tertiary alicyclic amines) is 1. The minimum Gasteiger partial charge on any atom is -0.493 e. The number of hydrogen-bond acceptors (Lipinski definition) is 5. The first-order valence-corrected chi connectivity index (χ1v) is 7.79. The zero-order chi connectivity index (χ0) is 16.6. The van der Waals surface area contributed by atoms with Crippen LogP contribution in [0.3, 0.4) is 0 Å². The molecule has 2 aromatic rings. The summed E-state index contributed by atoms with van der Waals surface area (Å²) < 4.78 is 12.3. The molecule has 122 valence electrons. The number of nitrogens with one attached hydrogen (secondary N) is 1. The number of methoxy groups -OCH3 is 1. The van der Waals surface area contributed by atoms with Crippen LogP contribution in [0.15, 0.2) is 22.7 Å². The third-order valence-electron chi connectivity index (χ3n) is 3.64. The third kappa shape index (κ3) is 3.18. The number of likely N-dealkylation sites (N-methyl/N-ethyl adjacent to an activating group) is 1. The maximum absolute atomic E-state index is 11.0. The molecule has 0 aliphatic carbocycles. The molecule has 1 aromatic heterocycles. The number of carboxylic acid groups (broad SMARTS) is 1. The van der Waals surface area contributed by atoms with Gasteiger partial charge in [0.15, 0.2) is 11.5 Å². The van der Waals surface area contributed by atoms with E-state index in [0.717, 1.165) is 17.6 Å². The van der Waals surface area contributed by atoms with E-state index in [1.807, 2.05) is 19.2 Å². The highest BCUT2D eigenvalue weighted by Gasteiger charge is 2.28. The predicted molar refractivity (Wildman–Crippen MR) is 87.1 cm³/mol. The Hall–Kier alpha value is -2.06. The van der Waals surface area contributed by atoms with Gasteiger partial charge in [-0.2, -0.15) is 5.10 Å². The molecule has 0 saturated carbocycles. The van der Waals surface area contributed by atoms with Crippen LogP contribution in [-0.4, -0.2) is 59.5 Å². The standard InChI is InChI=1S/C15H16BrN3O4/c1-19-6-9(7-19)23-14-10(3-8(16)4-13(14)22-2)11-5-12(15(20)21)18-17-11/h3-5,9H,6-7H2,1-2H3,(H,17,18)(H,20,21). The normalized spacial score (nSPS) is 15.3. The fourth-order valence-electron chi connectivity index (χ4n) is 2.48. The van der Waals surface area contributed by atoms with Gasteiger partial charge < -0.3 is 14.6 Å². The van der Waals surface area contributed by atoms with Crippen molar-refractivity contribution in [3.63, 3.8) is 0 Å². The van der Waals surface area contributed by atoms with Gasteiger partial charge in [0.25, 0.3) is 0 Å². The Balaban J connectivity index is 2.02. The number of aromatic nitrogens is 2. The maximum atomic E-state index is 11.0. The molecule has 2 N–H and O–H groups in total. The Morgan fingerprint density at radius 2 is 2.17 bits per heavy atom. The lowest BCUT2D eigenvalue weighted by atomic mass is 10.1. The van der Waals surface area contributed by atoms with E-state index in [0.29, 0.717) is 22.8 Å². The van der Waals surface area contributed by atoms with Gasteiger partial charge in [0, 0.05) is 23.1 Å². The molecule has 1 fully saturated rings. The Morgan fingerprint density at radius 1 is 1.43 bits per heavy atom. The van der Waals surface area contributed by atoms with Gasteiger partial charge in [0.2, 0.25) is 0 Å². The second kappa shape index (κ2) is 6.21. The Morgan fingerprint density at radius 3 is 2.74 bits per heavy atom. The van der Waals surface area contributed by atoms with Gasteiger partial charge in [-0.3, -0.25) is 10.00 Å². The number of ether oxygens (including phenoxy) is 2. The second-order valence-electron chi connectivity index (χ2n) is 5.42. The topological polar surface area (TPSA) is 87.7 Å². The summed E-state index contributed by atoms with van der Waals surface area (Å²) in [5.41, 5.74) is 1.19. The van der Waals surface area contributed by atoms with Crippen molar-refractivity contribution in [2.75, 3.05) is 27.2 Å². The molecule has 1 aromatic carbocycles. The van der Waals surface area contributed by atoms with Gasteiger partial charge in [0.1, 0.15) is 11.8 Å². The van der Waals surface area contributed by atoms with Gasteiger partial charge in [-0.05, 0) is 25.2 Å². The quantitative estimate of drug-likeness (QED) is 0.825. The summed E-state index contributed by atoms with van der Waals surface area (Å²) in [7, 11) is 3.59. The molecule has 2 heterocycles. The largest absolute Gasteiger partial charge is 0.493 e. The zero-order valence-electron chi connectivity index (χ0n) is 12.7. The smallest absolute Gasteiger partial charge is 0.353 e. The van der Waals surface area contributed by atoms with Crippen LogP contribution in [0.1, 0.15) is 10.5 Å². The summed E-state index contributed by atoms with van der Waals surface area (Å²) in [6.07, 6.45) is 0.0757. The van der Waals surface area contributed by atoms with Crippen molar-refractivity contribution in [2.24, 2.45) is 0 Å². The lowest BCUT2D eigenvalue weighted by molar-refractivity contribution is 0.0373. The van der Waals surface area contributed by atoms with E-state index in [1.54, 1.807) is 7.11 Å². The van der Waals surface area contributed by atoms with E-state index in [1.165, 1.54) is 6.07 Å². The highest BCUT2D eigenvalue weighted by atomic mass is 79.9. The molecule has 0 atom stereocenters. The average molecular weight is 382 g/mol. The number of aromatic amines is 1. The van der Waals surface area contributed by atoms with Crippen LogP contribution in [-0.2, 0) is 0 Å². The van der Waals surface area contributed by atoms with Crippen molar-refractivity contribution in [1.29, 1.82) is 0 Å². The number of halogens is 1. The molecule has 7 nitrogen and oxygen atoms in total. The lowest BCUT2D eigenvalue weighted by Gasteiger charge is -2.36. The van der Waals surface area contributed by atoms with E-state index in [9.17, 15) is 4.79 Å². The minimum absolute atomic E-state index is 0.0215. The van der Waals surface area contributed by atoms with Gasteiger partial charge in [-0.15, -0.1) is 0 Å². The number of benzene rings is 1. The molecule has 0 amide bonds. The number of rotatable bonds is 5. The van der Waals surface area contributed by atoms with E-state index in [4.69, 9.17) is 14.6 Å². The molecule has 0 bridgehead atoms. The third-order valence-corrected chi connectivity index (χ3v) is 4.10. The average Bonchev–Trinajstić information content (AvgIpc) is 2.96. The van der Waals surface area contributed by atoms with Crippen LogP contribution in [0.4, 0.5) is 0 Å². The maximum Gasteiger partial charge on any atom is 0.353 e. The van der Waals surface area contributed by atoms with Gasteiger partial charge in [0.05, 0.1) is 12.8 Å². The first-order valence-electron chi connectivity index (χ1n) is 6.99. The molecule has 0 radical (unpaired) electrons. The fourth-order valence-corrected chi connectivity index (χ4v) is 2.92. The number of hydrogen-bond donors (Lipinski definition) is 2.